The molecule has 0 aromatic heterocycles. The first-order chi connectivity index (χ1) is 9.74. The molecule has 0 saturated carbocycles. The molecule has 20 heavy (non-hydrogen) atoms. The van der Waals surface area contributed by atoms with Gasteiger partial charge in [0.15, 0.2) is 0 Å². The number of hydrogen-bond acceptors (Lipinski definition) is 3. The largest absolute Gasteiger partial charge is 0.345 e. The third-order valence-corrected chi connectivity index (χ3v) is 4.79. The molecule has 0 radical (unpaired) electrons. The Kier molecular flexibility index (Phi) is 9.81. The fourth-order valence-corrected chi connectivity index (χ4v) is 3.42. The van der Waals surface area contributed by atoms with Gasteiger partial charge in [-0.1, -0.05) is 70.1 Å². The molecule has 0 unspecified atom stereocenters. The molecule has 0 aliphatic carbocycles. The summed E-state index contributed by atoms with van der Waals surface area (Å²) in [6.45, 7) is 2.24. The number of carbonyl (C=O) groups is 2. The summed E-state index contributed by atoms with van der Waals surface area (Å²) in [5, 5.41) is 2.97. The van der Waals surface area contributed by atoms with Gasteiger partial charge in [0.2, 0.25) is 11.0 Å². The minimum atomic E-state index is -0.217. The van der Waals surface area contributed by atoms with Crippen molar-refractivity contribution in [3.05, 3.63) is 0 Å². The predicted molar refractivity (Wildman–Crippen MR) is 85.9 cm³/mol. The van der Waals surface area contributed by atoms with Crippen LogP contribution in [0.4, 0.5) is 0 Å². The smallest absolute Gasteiger partial charge is 0.220 e. The van der Waals surface area contributed by atoms with E-state index in [1.165, 1.54) is 56.7 Å². The minimum Gasteiger partial charge on any atom is -0.345 e. The van der Waals surface area contributed by atoms with E-state index >= 15 is 0 Å². The summed E-state index contributed by atoms with van der Waals surface area (Å²) in [6, 6.07) is -0.217. The minimum absolute atomic E-state index is 0.0498. The highest BCUT2D eigenvalue weighted by Crippen LogP contribution is 2.19. The van der Waals surface area contributed by atoms with E-state index in [1.54, 1.807) is 0 Å². The van der Waals surface area contributed by atoms with E-state index in [9.17, 15) is 9.59 Å². The van der Waals surface area contributed by atoms with Crippen LogP contribution in [0.5, 0.6) is 0 Å². The molecule has 1 saturated heterocycles. The van der Waals surface area contributed by atoms with Crippen molar-refractivity contribution in [3.63, 3.8) is 0 Å². The zero-order valence-corrected chi connectivity index (χ0v) is 13.6. The molecule has 1 aliphatic rings. The summed E-state index contributed by atoms with van der Waals surface area (Å²) in [7, 11) is 0. The first-order valence-corrected chi connectivity index (χ1v) is 9.18. The molecule has 4 heteroatoms. The predicted octanol–water partition coefficient (Wildman–Crippen LogP) is 4.06. The molecular weight excluding hydrogens is 270 g/mol. The van der Waals surface area contributed by atoms with Gasteiger partial charge in [-0.15, -0.1) is 0 Å². The molecule has 0 spiro atoms. The third-order valence-electron chi connectivity index (χ3n) is 3.78. The van der Waals surface area contributed by atoms with E-state index in [4.69, 9.17) is 0 Å². The summed E-state index contributed by atoms with van der Waals surface area (Å²) < 4.78 is 0. The fraction of sp³-hybridized carbons (Fsp3) is 0.875. The lowest BCUT2D eigenvalue weighted by Crippen LogP contribution is -2.36. The summed E-state index contributed by atoms with van der Waals surface area (Å²) >= 11 is 1.34. The van der Waals surface area contributed by atoms with Crippen molar-refractivity contribution < 1.29 is 9.59 Å². The molecule has 0 aromatic carbocycles. The van der Waals surface area contributed by atoms with E-state index in [2.05, 4.69) is 12.2 Å². The third kappa shape index (κ3) is 7.93. The molecule has 0 bridgehead atoms. The molecular formula is C16H29NO2S. The number of thioether (sulfide) groups is 1. The maximum atomic E-state index is 11.7. The van der Waals surface area contributed by atoms with Gasteiger partial charge in [-0.25, -0.2) is 0 Å². The summed E-state index contributed by atoms with van der Waals surface area (Å²) in [6.07, 6.45) is 12.7. The van der Waals surface area contributed by atoms with Gasteiger partial charge in [-0.05, 0) is 12.8 Å². The first-order valence-electron chi connectivity index (χ1n) is 8.20. The van der Waals surface area contributed by atoms with Gasteiger partial charge >= 0.3 is 0 Å². The molecule has 116 valence electrons. The first kappa shape index (κ1) is 17.5. The normalized spacial score (nSPS) is 18.4. The second-order valence-electron chi connectivity index (χ2n) is 5.65. The average Bonchev–Trinajstić information content (AvgIpc) is 2.82. The lowest BCUT2D eigenvalue weighted by Gasteiger charge is -2.09. The second kappa shape index (κ2) is 11.2. The molecule has 1 N–H and O–H groups in total. The van der Waals surface area contributed by atoms with E-state index < -0.39 is 0 Å². The quantitative estimate of drug-likeness (QED) is 0.585. The van der Waals surface area contributed by atoms with Gasteiger partial charge in [-0.2, -0.15) is 0 Å². The van der Waals surface area contributed by atoms with Crippen molar-refractivity contribution in [2.75, 3.05) is 5.75 Å². The lowest BCUT2D eigenvalue weighted by molar-refractivity contribution is -0.124. The fourth-order valence-electron chi connectivity index (χ4n) is 2.49. The van der Waals surface area contributed by atoms with E-state index in [-0.39, 0.29) is 17.1 Å². The maximum absolute atomic E-state index is 11.7. The van der Waals surface area contributed by atoms with Crippen molar-refractivity contribution in [1.82, 2.24) is 5.32 Å². The molecule has 1 fully saturated rings. The van der Waals surface area contributed by atoms with Crippen LogP contribution in [-0.2, 0) is 9.59 Å². The van der Waals surface area contributed by atoms with Crippen LogP contribution in [0.2, 0.25) is 0 Å². The maximum Gasteiger partial charge on any atom is 0.220 e. The molecule has 0 aromatic rings. The molecule has 1 aliphatic heterocycles. The average molecular weight is 299 g/mol. The Balaban J connectivity index is 1.88. The van der Waals surface area contributed by atoms with Gasteiger partial charge in [0, 0.05) is 12.2 Å². The Hall–Kier alpha value is -0.510. The van der Waals surface area contributed by atoms with Gasteiger partial charge in [0.1, 0.15) is 0 Å². The number of rotatable bonds is 11. The molecule has 1 amide bonds. The topological polar surface area (TPSA) is 46.2 Å². The van der Waals surface area contributed by atoms with Crippen LogP contribution in [0.15, 0.2) is 0 Å². The van der Waals surface area contributed by atoms with Crippen LogP contribution in [0.3, 0.4) is 0 Å². The van der Waals surface area contributed by atoms with Gasteiger partial charge in [0.25, 0.3) is 0 Å². The van der Waals surface area contributed by atoms with Crippen molar-refractivity contribution in [2.45, 2.75) is 83.6 Å². The Morgan fingerprint density at radius 1 is 1.10 bits per heavy atom. The van der Waals surface area contributed by atoms with Crippen molar-refractivity contribution in [1.29, 1.82) is 0 Å². The second-order valence-corrected chi connectivity index (χ2v) is 6.75. The highest BCUT2D eigenvalue weighted by Gasteiger charge is 2.26. The zero-order chi connectivity index (χ0) is 14.6. The summed E-state index contributed by atoms with van der Waals surface area (Å²) in [5.41, 5.74) is 0. The number of unbranched alkanes of at least 4 members (excludes halogenated alkanes) is 8. The van der Waals surface area contributed by atoms with Crippen molar-refractivity contribution in [3.8, 4) is 0 Å². The van der Waals surface area contributed by atoms with Crippen LogP contribution in [0.25, 0.3) is 0 Å². The Bertz CT molecular complexity index is 294. The number of hydrogen-bond donors (Lipinski definition) is 1. The van der Waals surface area contributed by atoms with Crippen molar-refractivity contribution >= 4 is 22.8 Å². The van der Waals surface area contributed by atoms with Crippen molar-refractivity contribution in [2.24, 2.45) is 0 Å². The Morgan fingerprint density at radius 2 is 1.70 bits per heavy atom. The van der Waals surface area contributed by atoms with E-state index in [1.807, 2.05) is 0 Å². The SMILES string of the molecule is CCCCCCCCCCCC(=O)N[C@H]1CCSC1=O. The highest BCUT2D eigenvalue weighted by molar-refractivity contribution is 8.14. The van der Waals surface area contributed by atoms with Crippen LogP contribution < -0.4 is 5.32 Å². The van der Waals surface area contributed by atoms with Gasteiger partial charge in [0.05, 0.1) is 6.04 Å². The standard InChI is InChI=1S/C16H29NO2S/c1-2-3-4-5-6-7-8-9-10-11-15(18)17-14-12-13-20-16(14)19/h14H,2-13H2,1H3,(H,17,18)/t14-/m0/s1. The van der Waals surface area contributed by atoms with E-state index in [0.717, 1.165) is 25.0 Å². The lowest BCUT2D eigenvalue weighted by atomic mass is 10.1. The Morgan fingerprint density at radius 3 is 2.25 bits per heavy atom. The van der Waals surface area contributed by atoms with Crippen LogP contribution >= 0.6 is 11.8 Å². The number of carbonyl (C=O) groups excluding carboxylic acids is 2. The molecule has 3 nitrogen and oxygen atoms in total. The molecule has 1 rings (SSSR count). The van der Waals surface area contributed by atoms with Gasteiger partial charge < -0.3 is 5.32 Å². The molecule has 1 atom stereocenters. The summed E-state index contributed by atoms with van der Waals surface area (Å²) in [5.74, 6) is 0.899. The monoisotopic (exact) mass is 299 g/mol. The highest BCUT2D eigenvalue weighted by atomic mass is 32.2. The van der Waals surface area contributed by atoms with Gasteiger partial charge in [-0.3, -0.25) is 9.59 Å². The zero-order valence-electron chi connectivity index (χ0n) is 12.8. The Labute approximate surface area is 127 Å². The van der Waals surface area contributed by atoms with Crippen LogP contribution in [-0.4, -0.2) is 22.8 Å². The van der Waals surface area contributed by atoms with Crippen LogP contribution in [0.1, 0.15) is 77.6 Å². The van der Waals surface area contributed by atoms with E-state index in [0.29, 0.717) is 6.42 Å². The van der Waals surface area contributed by atoms with Crippen LogP contribution in [0, 0.1) is 0 Å². The molecule has 1 heterocycles. The number of amides is 1. The number of nitrogens with one attached hydrogen (secondary N) is 1. The summed E-state index contributed by atoms with van der Waals surface area (Å²) in [4.78, 5) is 23.1.